The van der Waals surface area contributed by atoms with Gasteiger partial charge in [-0.2, -0.15) is 0 Å². The maximum atomic E-state index is 2.51. The molecular weight excluding hydrogens is 222 g/mol. The zero-order chi connectivity index (χ0) is 10.7. The van der Waals surface area contributed by atoms with Crippen LogP contribution < -0.4 is 0 Å². The molecule has 0 radical (unpaired) electrons. The van der Waals surface area contributed by atoms with Gasteiger partial charge in [0.25, 0.3) is 0 Å². The second kappa shape index (κ2) is 5.37. The van der Waals surface area contributed by atoms with Crippen molar-refractivity contribution in [2.24, 2.45) is 0 Å². The summed E-state index contributed by atoms with van der Waals surface area (Å²) in [6.45, 7) is 7.05. The Balaban J connectivity index is 1.91. The fourth-order valence-electron chi connectivity index (χ4n) is 1.79. The molecule has 0 N–H and O–H groups in total. The molecule has 2 heterocycles. The summed E-state index contributed by atoms with van der Waals surface area (Å²) in [6, 6.07) is 2.36. The van der Waals surface area contributed by atoms with Crippen LogP contribution >= 0.6 is 23.3 Å². The maximum Gasteiger partial charge on any atom is 0.0340 e. The van der Waals surface area contributed by atoms with Crippen LogP contribution in [0.15, 0.2) is 16.3 Å². The molecule has 0 spiro atoms. The number of piperidine rings is 1. The van der Waals surface area contributed by atoms with E-state index < -0.39 is 0 Å². The van der Waals surface area contributed by atoms with Crippen LogP contribution in [0.5, 0.6) is 0 Å². The van der Waals surface area contributed by atoms with Gasteiger partial charge in [-0.15, -0.1) is 11.3 Å². The molecule has 3 heteroatoms. The Bertz CT molecular complexity index is 300. The Kier molecular flexibility index (Phi) is 4.12. The van der Waals surface area contributed by atoms with Gasteiger partial charge in [0.15, 0.2) is 0 Å². The van der Waals surface area contributed by atoms with Crippen LogP contribution in [-0.2, 0) is 0 Å². The van der Waals surface area contributed by atoms with Crippen molar-refractivity contribution >= 4 is 23.3 Å². The van der Waals surface area contributed by atoms with Gasteiger partial charge in [-0.1, -0.05) is 20.3 Å². The van der Waals surface area contributed by atoms with Crippen LogP contribution in [0, 0.1) is 0 Å². The summed E-state index contributed by atoms with van der Waals surface area (Å²) in [7, 11) is 0. The first-order chi connectivity index (χ1) is 7.25. The molecule has 0 amide bonds. The van der Waals surface area contributed by atoms with Gasteiger partial charge in [0.1, 0.15) is 0 Å². The lowest BCUT2D eigenvalue weighted by atomic mass is 10.2. The van der Waals surface area contributed by atoms with Crippen LogP contribution in [0.2, 0.25) is 0 Å². The third-order valence-corrected chi connectivity index (χ3v) is 5.17. The van der Waals surface area contributed by atoms with E-state index in [0.717, 1.165) is 0 Å². The topological polar surface area (TPSA) is 3.24 Å². The molecular formula is C12H19NS2. The third-order valence-electron chi connectivity index (χ3n) is 2.71. The molecule has 0 saturated carbocycles. The van der Waals surface area contributed by atoms with E-state index in [2.05, 4.69) is 29.6 Å². The Morgan fingerprint density at radius 2 is 2.00 bits per heavy atom. The normalized spacial score (nSPS) is 18.6. The van der Waals surface area contributed by atoms with Gasteiger partial charge < -0.3 is 0 Å². The average molecular weight is 241 g/mol. The highest BCUT2D eigenvalue weighted by atomic mass is 32.2. The highest BCUT2D eigenvalue weighted by Gasteiger charge is 2.12. The summed E-state index contributed by atoms with van der Waals surface area (Å²) in [5.74, 6) is 0.672. The molecule has 1 fully saturated rings. The van der Waals surface area contributed by atoms with Crippen molar-refractivity contribution in [3.63, 3.8) is 0 Å². The second-order valence-corrected chi connectivity index (χ2v) is 6.53. The summed E-state index contributed by atoms with van der Waals surface area (Å²) in [5, 5.41) is 2.30. The van der Waals surface area contributed by atoms with Crippen LogP contribution in [-0.4, -0.2) is 17.4 Å². The molecule has 1 nitrogen and oxygen atoms in total. The van der Waals surface area contributed by atoms with E-state index in [1.807, 2.05) is 23.3 Å². The molecule has 84 valence electrons. The number of rotatable bonds is 3. The number of nitrogens with zero attached hydrogens (tertiary/aromatic N) is 1. The Morgan fingerprint density at radius 3 is 2.60 bits per heavy atom. The van der Waals surface area contributed by atoms with E-state index in [0.29, 0.717) is 5.92 Å². The third kappa shape index (κ3) is 3.23. The highest BCUT2D eigenvalue weighted by Crippen LogP contribution is 2.32. The monoisotopic (exact) mass is 241 g/mol. The SMILES string of the molecule is CC(C)c1cc(SN2CCCCC2)cs1. The lowest BCUT2D eigenvalue weighted by Crippen LogP contribution is -2.22. The van der Waals surface area contributed by atoms with Gasteiger partial charge in [-0.25, -0.2) is 4.31 Å². The molecule has 1 aliphatic heterocycles. The molecule has 1 aromatic heterocycles. The molecule has 0 unspecified atom stereocenters. The second-order valence-electron chi connectivity index (χ2n) is 4.42. The summed E-state index contributed by atoms with van der Waals surface area (Å²) >= 11 is 3.85. The molecule has 1 aromatic rings. The molecule has 15 heavy (non-hydrogen) atoms. The first-order valence-electron chi connectivity index (χ1n) is 5.77. The van der Waals surface area contributed by atoms with E-state index in [9.17, 15) is 0 Å². The number of thiophene rings is 1. The summed E-state index contributed by atoms with van der Waals surface area (Å²) in [4.78, 5) is 2.94. The van der Waals surface area contributed by atoms with Gasteiger partial charge in [0, 0.05) is 28.2 Å². The quantitative estimate of drug-likeness (QED) is 0.723. The Labute approximate surface area is 101 Å². The Morgan fingerprint density at radius 1 is 1.27 bits per heavy atom. The minimum Gasteiger partial charge on any atom is -0.246 e. The highest BCUT2D eigenvalue weighted by molar-refractivity contribution is 7.97. The minimum atomic E-state index is 0.672. The predicted molar refractivity (Wildman–Crippen MR) is 69.7 cm³/mol. The minimum absolute atomic E-state index is 0.672. The summed E-state index contributed by atoms with van der Waals surface area (Å²) in [5.41, 5.74) is 0. The van der Waals surface area contributed by atoms with Crippen LogP contribution in [0.3, 0.4) is 0 Å². The Hall–Kier alpha value is 0.01000. The first kappa shape index (κ1) is 11.5. The number of hydrogen-bond donors (Lipinski definition) is 0. The predicted octanol–water partition coefficient (Wildman–Crippen LogP) is 4.36. The summed E-state index contributed by atoms with van der Waals surface area (Å²) in [6.07, 6.45) is 4.15. The molecule has 0 aliphatic carbocycles. The fraction of sp³-hybridized carbons (Fsp3) is 0.667. The first-order valence-corrected chi connectivity index (χ1v) is 7.42. The molecule has 0 bridgehead atoms. The van der Waals surface area contributed by atoms with Crippen molar-refractivity contribution in [1.82, 2.24) is 4.31 Å². The van der Waals surface area contributed by atoms with Crippen molar-refractivity contribution in [3.8, 4) is 0 Å². The zero-order valence-corrected chi connectivity index (χ0v) is 11.2. The standard InChI is InChI=1S/C12H19NS2/c1-10(2)12-8-11(9-14-12)15-13-6-4-3-5-7-13/h8-10H,3-7H2,1-2H3. The average Bonchev–Trinajstić information content (AvgIpc) is 2.68. The van der Waals surface area contributed by atoms with Crippen molar-refractivity contribution in [3.05, 3.63) is 16.3 Å². The smallest absolute Gasteiger partial charge is 0.0340 e. The number of hydrogen-bond acceptors (Lipinski definition) is 3. The van der Waals surface area contributed by atoms with Gasteiger partial charge in [0.2, 0.25) is 0 Å². The van der Waals surface area contributed by atoms with E-state index >= 15 is 0 Å². The fourth-order valence-corrected chi connectivity index (χ4v) is 3.89. The van der Waals surface area contributed by atoms with Crippen LogP contribution in [0.4, 0.5) is 0 Å². The molecule has 1 aliphatic rings. The van der Waals surface area contributed by atoms with Crippen molar-refractivity contribution in [1.29, 1.82) is 0 Å². The zero-order valence-electron chi connectivity index (χ0n) is 9.53. The van der Waals surface area contributed by atoms with E-state index in [4.69, 9.17) is 0 Å². The van der Waals surface area contributed by atoms with E-state index in [-0.39, 0.29) is 0 Å². The van der Waals surface area contributed by atoms with Crippen LogP contribution in [0.25, 0.3) is 0 Å². The van der Waals surface area contributed by atoms with E-state index in [1.54, 1.807) is 0 Å². The summed E-state index contributed by atoms with van der Waals surface area (Å²) < 4.78 is 2.51. The van der Waals surface area contributed by atoms with E-state index in [1.165, 1.54) is 42.1 Å². The van der Waals surface area contributed by atoms with Crippen molar-refractivity contribution in [2.45, 2.75) is 43.9 Å². The molecule has 2 rings (SSSR count). The molecule has 1 saturated heterocycles. The van der Waals surface area contributed by atoms with Crippen molar-refractivity contribution < 1.29 is 0 Å². The van der Waals surface area contributed by atoms with Gasteiger partial charge in [0.05, 0.1) is 0 Å². The maximum absolute atomic E-state index is 2.51. The molecule has 0 atom stereocenters. The van der Waals surface area contributed by atoms with Crippen LogP contribution in [0.1, 0.15) is 43.9 Å². The largest absolute Gasteiger partial charge is 0.246 e. The van der Waals surface area contributed by atoms with Gasteiger partial charge in [-0.05, 0) is 36.8 Å². The van der Waals surface area contributed by atoms with Gasteiger partial charge in [-0.3, -0.25) is 0 Å². The van der Waals surface area contributed by atoms with Crippen molar-refractivity contribution in [2.75, 3.05) is 13.1 Å². The molecule has 0 aromatic carbocycles. The lowest BCUT2D eigenvalue weighted by Gasteiger charge is -2.24. The van der Waals surface area contributed by atoms with Gasteiger partial charge >= 0.3 is 0 Å². The lowest BCUT2D eigenvalue weighted by molar-refractivity contribution is 0.380.